The highest BCUT2D eigenvalue weighted by atomic mass is 35.5. The largest absolute Gasteiger partial charge is 0.507 e. The predicted octanol–water partition coefficient (Wildman–Crippen LogP) is 1.93. The lowest BCUT2D eigenvalue weighted by Gasteiger charge is -2.33. The van der Waals surface area contributed by atoms with Crippen molar-refractivity contribution in [3.63, 3.8) is 0 Å². The maximum Gasteiger partial charge on any atom is 0.255 e. The van der Waals surface area contributed by atoms with E-state index in [9.17, 15) is 9.90 Å². The molecule has 20 heavy (non-hydrogen) atoms. The number of methoxy groups -OCH3 is 1. The van der Waals surface area contributed by atoms with Gasteiger partial charge in [0.15, 0.2) is 0 Å². The normalized spacial score (nSPS) is 13.3. The van der Waals surface area contributed by atoms with Gasteiger partial charge in [-0.15, -0.1) is 12.4 Å². The molecule has 0 saturated heterocycles. The molecule has 4 N–H and O–H groups in total. The van der Waals surface area contributed by atoms with Crippen LogP contribution in [0.4, 0.5) is 0 Å². The van der Waals surface area contributed by atoms with Gasteiger partial charge in [-0.2, -0.15) is 0 Å². The standard InChI is InChI=1S/C14H22N2O3.ClH/c1-9(2)14(3,8-15)16-13(18)11-7-10(19-4)5-6-12(11)17;/h5-7,9,17H,8,15H2,1-4H3,(H,16,18);1H. The van der Waals surface area contributed by atoms with Crippen LogP contribution in [-0.2, 0) is 0 Å². The number of phenolic OH excluding ortho intramolecular Hbond substituents is 1. The van der Waals surface area contributed by atoms with Crippen LogP contribution < -0.4 is 15.8 Å². The molecule has 0 fully saturated rings. The smallest absolute Gasteiger partial charge is 0.255 e. The summed E-state index contributed by atoms with van der Waals surface area (Å²) in [7, 11) is 1.51. The monoisotopic (exact) mass is 302 g/mol. The Bertz CT molecular complexity index is 466. The number of amides is 1. The molecule has 1 aromatic carbocycles. The molecule has 0 spiro atoms. The van der Waals surface area contributed by atoms with E-state index in [0.717, 1.165) is 0 Å². The average molecular weight is 303 g/mol. The summed E-state index contributed by atoms with van der Waals surface area (Å²) in [6.45, 7) is 6.17. The fourth-order valence-corrected chi connectivity index (χ4v) is 1.58. The molecular weight excluding hydrogens is 280 g/mol. The second-order valence-electron chi connectivity index (χ2n) is 5.11. The highest BCUT2D eigenvalue weighted by Crippen LogP contribution is 2.24. The predicted molar refractivity (Wildman–Crippen MR) is 81.7 cm³/mol. The van der Waals surface area contributed by atoms with Crippen LogP contribution in [0.5, 0.6) is 11.5 Å². The zero-order valence-electron chi connectivity index (χ0n) is 12.3. The summed E-state index contributed by atoms with van der Waals surface area (Å²) in [4.78, 5) is 12.2. The number of ether oxygens (including phenoxy) is 1. The van der Waals surface area contributed by atoms with Crippen molar-refractivity contribution in [2.75, 3.05) is 13.7 Å². The first-order valence-electron chi connectivity index (χ1n) is 6.23. The van der Waals surface area contributed by atoms with Gasteiger partial charge in [-0.1, -0.05) is 13.8 Å². The lowest BCUT2D eigenvalue weighted by molar-refractivity contribution is 0.0880. The van der Waals surface area contributed by atoms with Gasteiger partial charge in [-0.3, -0.25) is 4.79 Å². The van der Waals surface area contributed by atoms with E-state index in [1.807, 2.05) is 20.8 Å². The van der Waals surface area contributed by atoms with E-state index in [-0.39, 0.29) is 35.5 Å². The number of hydrogen-bond donors (Lipinski definition) is 3. The summed E-state index contributed by atoms with van der Waals surface area (Å²) < 4.78 is 5.05. The Morgan fingerprint density at radius 3 is 2.55 bits per heavy atom. The third-order valence-corrected chi connectivity index (χ3v) is 3.55. The van der Waals surface area contributed by atoms with Crippen molar-refractivity contribution >= 4 is 18.3 Å². The molecule has 0 aliphatic carbocycles. The zero-order chi connectivity index (χ0) is 14.6. The molecule has 0 aromatic heterocycles. The van der Waals surface area contributed by atoms with Crippen molar-refractivity contribution in [2.45, 2.75) is 26.3 Å². The number of aromatic hydroxyl groups is 1. The van der Waals surface area contributed by atoms with Crippen LogP contribution in [0.3, 0.4) is 0 Å². The maximum absolute atomic E-state index is 12.2. The van der Waals surface area contributed by atoms with Gasteiger partial charge in [-0.05, 0) is 31.0 Å². The topological polar surface area (TPSA) is 84.6 Å². The molecule has 0 heterocycles. The van der Waals surface area contributed by atoms with Crippen molar-refractivity contribution in [1.82, 2.24) is 5.32 Å². The molecule has 1 rings (SSSR count). The van der Waals surface area contributed by atoms with Gasteiger partial charge < -0.3 is 20.9 Å². The van der Waals surface area contributed by atoms with E-state index in [1.165, 1.54) is 19.2 Å². The summed E-state index contributed by atoms with van der Waals surface area (Å²) in [6, 6.07) is 4.53. The molecule has 6 heteroatoms. The van der Waals surface area contributed by atoms with E-state index in [1.54, 1.807) is 6.07 Å². The first-order chi connectivity index (χ1) is 8.84. The van der Waals surface area contributed by atoms with Crippen molar-refractivity contribution in [2.24, 2.45) is 11.7 Å². The van der Waals surface area contributed by atoms with Crippen molar-refractivity contribution in [3.05, 3.63) is 23.8 Å². The molecule has 114 valence electrons. The van der Waals surface area contributed by atoms with Gasteiger partial charge in [0.25, 0.3) is 5.91 Å². The Morgan fingerprint density at radius 2 is 2.10 bits per heavy atom. The van der Waals surface area contributed by atoms with E-state index >= 15 is 0 Å². The fraction of sp³-hybridized carbons (Fsp3) is 0.500. The molecule has 0 radical (unpaired) electrons. The van der Waals surface area contributed by atoms with Crippen LogP contribution in [0.2, 0.25) is 0 Å². The molecule has 1 atom stereocenters. The molecule has 0 bridgehead atoms. The van der Waals surface area contributed by atoms with Gasteiger partial charge in [0, 0.05) is 6.54 Å². The van der Waals surface area contributed by atoms with E-state index < -0.39 is 5.54 Å². The zero-order valence-corrected chi connectivity index (χ0v) is 13.1. The summed E-state index contributed by atoms with van der Waals surface area (Å²) in [5.41, 5.74) is 5.39. The lowest BCUT2D eigenvalue weighted by atomic mass is 9.88. The number of benzene rings is 1. The van der Waals surface area contributed by atoms with Crippen LogP contribution in [0.25, 0.3) is 0 Å². The van der Waals surface area contributed by atoms with Crippen LogP contribution in [0, 0.1) is 5.92 Å². The second-order valence-corrected chi connectivity index (χ2v) is 5.11. The Labute approximate surface area is 125 Å². The average Bonchev–Trinajstić information content (AvgIpc) is 2.38. The van der Waals surface area contributed by atoms with Gasteiger partial charge in [0.1, 0.15) is 11.5 Å². The number of halogens is 1. The number of carbonyl (C=O) groups is 1. The fourth-order valence-electron chi connectivity index (χ4n) is 1.58. The molecule has 1 amide bonds. The summed E-state index contributed by atoms with van der Waals surface area (Å²) >= 11 is 0. The highest BCUT2D eigenvalue weighted by Gasteiger charge is 2.29. The minimum Gasteiger partial charge on any atom is -0.507 e. The first kappa shape index (κ1) is 18.5. The van der Waals surface area contributed by atoms with E-state index in [2.05, 4.69) is 5.32 Å². The van der Waals surface area contributed by atoms with Crippen LogP contribution in [-0.4, -0.2) is 30.2 Å². The summed E-state index contributed by atoms with van der Waals surface area (Å²) in [5, 5.41) is 12.6. The SMILES string of the molecule is COc1ccc(O)c(C(=O)NC(C)(CN)C(C)C)c1.Cl. The van der Waals surface area contributed by atoms with E-state index in [0.29, 0.717) is 12.3 Å². The third-order valence-electron chi connectivity index (χ3n) is 3.55. The summed E-state index contributed by atoms with van der Waals surface area (Å²) in [5.74, 6) is 0.246. The number of carbonyl (C=O) groups excluding carboxylic acids is 1. The van der Waals surface area contributed by atoms with Crippen molar-refractivity contribution < 1.29 is 14.6 Å². The minimum absolute atomic E-state index is 0. The van der Waals surface area contributed by atoms with Gasteiger partial charge in [0.2, 0.25) is 0 Å². The Morgan fingerprint density at radius 1 is 1.50 bits per heavy atom. The van der Waals surface area contributed by atoms with Crippen LogP contribution in [0.15, 0.2) is 18.2 Å². The number of hydrogen-bond acceptors (Lipinski definition) is 4. The van der Waals surface area contributed by atoms with Crippen LogP contribution >= 0.6 is 12.4 Å². The Kier molecular flexibility index (Phi) is 6.82. The van der Waals surface area contributed by atoms with Crippen molar-refractivity contribution in [1.29, 1.82) is 0 Å². The molecule has 1 aromatic rings. The molecule has 0 aliphatic rings. The quantitative estimate of drug-likeness (QED) is 0.776. The molecule has 5 nitrogen and oxygen atoms in total. The van der Waals surface area contributed by atoms with Crippen molar-refractivity contribution in [3.8, 4) is 11.5 Å². The Balaban J connectivity index is 0.00000361. The number of phenols is 1. The second kappa shape index (κ2) is 7.36. The Hall–Kier alpha value is -1.46. The molecule has 0 aliphatic heterocycles. The van der Waals surface area contributed by atoms with Gasteiger partial charge >= 0.3 is 0 Å². The van der Waals surface area contributed by atoms with E-state index in [4.69, 9.17) is 10.5 Å². The highest BCUT2D eigenvalue weighted by molar-refractivity contribution is 5.97. The first-order valence-corrected chi connectivity index (χ1v) is 6.23. The van der Waals surface area contributed by atoms with Crippen LogP contribution in [0.1, 0.15) is 31.1 Å². The maximum atomic E-state index is 12.2. The van der Waals surface area contributed by atoms with Gasteiger partial charge in [-0.25, -0.2) is 0 Å². The number of nitrogens with two attached hydrogens (primary N) is 1. The number of rotatable bonds is 5. The molecule has 0 saturated carbocycles. The van der Waals surface area contributed by atoms with Gasteiger partial charge in [0.05, 0.1) is 18.2 Å². The number of nitrogens with one attached hydrogen (secondary N) is 1. The molecule has 1 unspecified atom stereocenters. The minimum atomic E-state index is -0.521. The third kappa shape index (κ3) is 4.02. The molecular formula is C14H23ClN2O3. The summed E-state index contributed by atoms with van der Waals surface area (Å²) in [6.07, 6.45) is 0. The lowest BCUT2D eigenvalue weighted by Crippen LogP contribution is -2.55.